The second kappa shape index (κ2) is 6.68. The van der Waals surface area contributed by atoms with E-state index in [1.165, 1.54) is 12.8 Å². The summed E-state index contributed by atoms with van der Waals surface area (Å²) in [5.74, 6) is -0.860. The lowest BCUT2D eigenvalue weighted by Crippen LogP contribution is -2.35. The van der Waals surface area contributed by atoms with Crippen LogP contribution in [0.4, 0.5) is 0 Å². The number of piperidine rings is 1. The van der Waals surface area contributed by atoms with Crippen LogP contribution in [0.5, 0.6) is 0 Å². The summed E-state index contributed by atoms with van der Waals surface area (Å²) in [5, 5.41) is 9.08. The summed E-state index contributed by atoms with van der Waals surface area (Å²) in [6.45, 7) is 2.68. The average molecular weight is 263 g/mol. The third-order valence-electron chi connectivity index (χ3n) is 3.71. The van der Waals surface area contributed by atoms with Crippen LogP contribution in [-0.2, 0) is 4.74 Å². The first kappa shape index (κ1) is 14.0. The fourth-order valence-electron chi connectivity index (χ4n) is 2.72. The van der Waals surface area contributed by atoms with Crippen LogP contribution in [0.2, 0.25) is 0 Å². The van der Waals surface area contributed by atoms with Crippen LogP contribution >= 0.6 is 0 Å². The van der Waals surface area contributed by atoms with Gasteiger partial charge in [-0.2, -0.15) is 0 Å². The summed E-state index contributed by atoms with van der Waals surface area (Å²) in [4.78, 5) is 13.5. The maximum Gasteiger partial charge on any atom is 0.335 e. The zero-order chi connectivity index (χ0) is 13.7. The van der Waals surface area contributed by atoms with E-state index in [4.69, 9.17) is 9.84 Å². The second-order valence-electron chi connectivity index (χ2n) is 4.97. The van der Waals surface area contributed by atoms with Crippen molar-refractivity contribution in [2.24, 2.45) is 0 Å². The summed E-state index contributed by atoms with van der Waals surface area (Å²) in [6, 6.07) is 7.64. The Morgan fingerprint density at radius 3 is 3.05 bits per heavy atom. The minimum absolute atomic E-state index is 0.322. The number of benzene rings is 1. The van der Waals surface area contributed by atoms with Crippen molar-refractivity contribution in [2.75, 3.05) is 26.8 Å². The molecule has 4 nitrogen and oxygen atoms in total. The van der Waals surface area contributed by atoms with Gasteiger partial charge in [0.15, 0.2) is 0 Å². The number of ether oxygens (including phenoxy) is 1. The molecule has 0 spiro atoms. The van der Waals surface area contributed by atoms with Crippen LogP contribution < -0.4 is 0 Å². The molecule has 0 radical (unpaired) electrons. The lowest BCUT2D eigenvalue weighted by molar-refractivity contribution is 0.0695. The third kappa shape index (κ3) is 3.55. The van der Waals surface area contributed by atoms with Gasteiger partial charge in [-0.05, 0) is 37.1 Å². The topological polar surface area (TPSA) is 49.8 Å². The summed E-state index contributed by atoms with van der Waals surface area (Å²) in [5.41, 5.74) is 1.48. The third-order valence-corrected chi connectivity index (χ3v) is 3.71. The average Bonchev–Trinajstić information content (AvgIpc) is 2.45. The van der Waals surface area contributed by atoms with E-state index in [1.807, 2.05) is 12.1 Å². The molecule has 0 saturated carbocycles. The molecule has 0 aliphatic carbocycles. The summed E-state index contributed by atoms with van der Waals surface area (Å²) >= 11 is 0. The van der Waals surface area contributed by atoms with E-state index < -0.39 is 5.97 Å². The Labute approximate surface area is 114 Å². The van der Waals surface area contributed by atoms with Crippen molar-refractivity contribution in [3.63, 3.8) is 0 Å². The fourth-order valence-corrected chi connectivity index (χ4v) is 2.72. The molecule has 1 aromatic rings. The molecule has 1 unspecified atom stereocenters. The number of hydrogen-bond donors (Lipinski definition) is 1. The molecule has 1 aliphatic heterocycles. The molecule has 104 valence electrons. The quantitative estimate of drug-likeness (QED) is 0.887. The fraction of sp³-hybridized carbons (Fsp3) is 0.533. The van der Waals surface area contributed by atoms with Gasteiger partial charge in [0.05, 0.1) is 12.2 Å². The summed E-state index contributed by atoms with van der Waals surface area (Å²) in [7, 11) is 1.71. The Balaban J connectivity index is 2.16. The smallest absolute Gasteiger partial charge is 0.335 e. The van der Waals surface area contributed by atoms with Crippen LogP contribution in [0.3, 0.4) is 0 Å². The van der Waals surface area contributed by atoms with Crippen molar-refractivity contribution in [1.29, 1.82) is 0 Å². The molecular weight excluding hydrogens is 242 g/mol. The first-order chi connectivity index (χ1) is 9.22. The molecule has 1 aliphatic rings. The van der Waals surface area contributed by atoms with Gasteiger partial charge in [0, 0.05) is 19.7 Å². The molecule has 0 bridgehead atoms. The van der Waals surface area contributed by atoms with E-state index in [0.717, 1.165) is 31.7 Å². The van der Waals surface area contributed by atoms with Gasteiger partial charge in [-0.3, -0.25) is 4.90 Å². The first-order valence-corrected chi connectivity index (χ1v) is 6.78. The van der Waals surface area contributed by atoms with Crippen LogP contribution in [0.15, 0.2) is 24.3 Å². The molecule has 2 rings (SSSR count). The Kier molecular flexibility index (Phi) is 4.93. The molecule has 1 saturated heterocycles. The Hall–Kier alpha value is -1.39. The predicted molar refractivity (Wildman–Crippen MR) is 73.4 cm³/mol. The van der Waals surface area contributed by atoms with Crippen molar-refractivity contribution in [1.82, 2.24) is 4.90 Å². The maximum absolute atomic E-state index is 11.1. The van der Waals surface area contributed by atoms with Gasteiger partial charge in [0.1, 0.15) is 0 Å². The largest absolute Gasteiger partial charge is 0.478 e. The van der Waals surface area contributed by atoms with E-state index in [9.17, 15) is 4.79 Å². The number of carboxylic acids is 1. The van der Waals surface area contributed by atoms with Crippen LogP contribution in [0.1, 0.15) is 41.2 Å². The first-order valence-electron chi connectivity index (χ1n) is 6.78. The minimum atomic E-state index is -0.860. The standard InChI is InChI=1S/C15H21NO3/c1-19-10-9-16-8-3-2-7-14(16)12-5-4-6-13(11-12)15(17)18/h4-6,11,14H,2-3,7-10H2,1H3,(H,17,18). The Bertz CT molecular complexity index is 433. The van der Waals surface area contributed by atoms with Crippen molar-refractivity contribution in [2.45, 2.75) is 25.3 Å². The van der Waals surface area contributed by atoms with Gasteiger partial charge in [-0.1, -0.05) is 18.6 Å². The van der Waals surface area contributed by atoms with Gasteiger partial charge in [0.2, 0.25) is 0 Å². The van der Waals surface area contributed by atoms with E-state index >= 15 is 0 Å². The second-order valence-corrected chi connectivity index (χ2v) is 4.97. The van der Waals surface area contributed by atoms with E-state index in [1.54, 1.807) is 19.2 Å². The number of nitrogens with zero attached hydrogens (tertiary/aromatic N) is 1. The van der Waals surface area contributed by atoms with Crippen molar-refractivity contribution in [3.8, 4) is 0 Å². The van der Waals surface area contributed by atoms with E-state index in [0.29, 0.717) is 11.6 Å². The normalized spacial score (nSPS) is 20.4. The highest BCUT2D eigenvalue weighted by molar-refractivity contribution is 5.87. The molecule has 1 atom stereocenters. The lowest BCUT2D eigenvalue weighted by Gasteiger charge is -2.36. The van der Waals surface area contributed by atoms with E-state index in [-0.39, 0.29) is 0 Å². The Morgan fingerprint density at radius 2 is 2.32 bits per heavy atom. The highest BCUT2D eigenvalue weighted by Gasteiger charge is 2.24. The summed E-state index contributed by atoms with van der Waals surface area (Å²) < 4.78 is 5.15. The van der Waals surface area contributed by atoms with Crippen LogP contribution in [0.25, 0.3) is 0 Å². The molecule has 4 heteroatoms. The zero-order valence-corrected chi connectivity index (χ0v) is 11.3. The number of aromatic carboxylic acids is 1. The van der Waals surface area contributed by atoms with Crippen molar-refractivity contribution in [3.05, 3.63) is 35.4 Å². The predicted octanol–water partition coefficient (Wildman–Crippen LogP) is 2.56. The molecular formula is C15H21NO3. The van der Waals surface area contributed by atoms with Gasteiger partial charge in [-0.25, -0.2) is 4.79 Å². The van der Waals surface area contributed by atoms with E-state index in [2.05, 4.69) is 4.90 Å². The molecule has 0 aromatic heterocycles. The number of hydrogen-bond acceptors (Lipinski definition) is 3. The highest BCUT2D eigenvalue weighted by Crippen LogP contribution is 2.30. The van der Waals surface area contributed by atoms with Crippen LogP contribution in [0, 0.1) is 0 Å². The number of carbonyl (C=O) groups is 1. The molecule has 1 fully saturated rings. The van der Waals surface area contributed by atoms with Gasteiger partial charge in [0.25, 0.3) is 0 Å². The number of rotatable bonds is 5. The molecule has 1 aromatic carbocycles. The SMILES string of the molecule is COCCN1CCCCC1c1cccc(C(=O)O)c1. The minimum Gasteiger partial charge on any atom is -0.478 e. The summed E-state index contributed by atoms with van der Waals surface area (Å²) in [6.07, 6.45) is 3.50. The number of likely N-dealkylation sites (tertiary alicyclic amines) is 1. The molecule has 1 heterocycles. The zero-order valence-electron chi connectivity index (χ0n) is 11.3. The number of carboxylic acid groups (broad SMARTS) is 1. The van der Waals surface area contributed by atoms with Gasteiger partial charge >= 0.3 is 5.97 Å². The van der Waals surface area contributed by atoms with Gasteiger partial charge < -0.3 is 9.84 Å². The maximum atomic E-state index is 11.1. The number of methoxy groups -OCH3 is 1. The van der Waals surface area contributed by atoms with Crippen LogP contribution in [-0.4, -0.2) is 42.8 Å². The highest BCUT2D eigenvalue weighted by atomic mass is 16.5. The lowest BCUT2D eigenvalue weighted by atomic mass is 9.94. The molecule has 19 heavy (non-hydrogen) atoms. The molecule has 0 amide bonds. The van der Waals surface area contributed by atoms with Gasteiger partial charge in [-0.15, -0.1) is 0 Å². The molecule has 1 N–H and O–H groups in total. The monoisotopic (exact) mass is 263 g/mol. The Morgan fingerprint density at radius 1 is 1.47 bits per heavy atom. The van der Waals surface area contributed by atoms with Crippen molar-refractivity contribution >= 4 is 5.97 Å². The van der Waals surface area contributed by atoms with Crippen molar-refractivity contribution < 1.29 is 14.6 Å².